The van der Waals surface area contributed by atoms with E-state index in [-0.39, 0.29) is 11.6 Å². The minimum atomic E-state index is -0.546. The molecule has 3 amide bonds. The average molecular weight is 782 g/mol. The van der Waals surface area contributed by atoms with Crippen LogP contribution in [0.25, 0.3) is 17.4 Å². The minimum absolute atomic E-state index is 0.00581. The number of amides is 3. The summed E-state index contributed by atoms with van der Waals surface area (Å²) < 4.78 is 11.1. The van der Waals surface area contributed by atoms with Gasteiger partial charge in [-0.25, -0.2) is 4.79 Å². The number of thiophene rings is 1. The number of hydrogen-bond acceptors (Lipinski definition) is 8. The predicted octanol–water partition coefficient (Wildman–Crippen LogP) is 9.60. The molecule has 1 aliphatic carbocycles. The lowest BCUT2D eigenvalue weighted by Gasteiger charge is -2.22. The Hall–Kier alpha value is -6.17. The molecule has 2 heterocycles. The van der Waals surface area contributed by atoms with Gasteiger partial charge in [0.15, 0.2) is 0 Å². The van der Waals surface area contributed by atoms with Crippen LogP contribution in [0.1, 0.15) is 61.7 Å². The molecule has 7 rings (SSSR count). The van der Waals surface area contributed by atoms with Gasteiger partial charge < -0.3 is 25.1 Å². The number of esters is 1. The van der Waals surface area contributed by atoms with E-state index in [2.05, 4.69) is 28.1 Å². The van der Waals surface area contributed by atoms with Crippen molar-refractivity contribution in [2.75, 3.05) is 17.7 Å². The summed E-state index contributed by atoms with van der Waals surface area (Å²) in [6.45, 7) is 1.80. The fourth-order valence-electron chi connectivity index (χ4n) is 6.56. The van der Waals surface area contributed by atoms with Gasteiger partial charge in [-0.1, -0.05) is 78.9 Å². The van der Waals surface area contributed by atoms with Crippen LogP contribution in [-0.4, -0.2) is 36.1 Å². The Balaban J connectivity index is 1.02. The molecule has 2 unspecified atom stereocenters. The van der Waals surface area contributed by atoms with Crippen LogP contribution in [0.5, 0.6) is 0 Å². The van der Waals surface area contributed by atoms with Crippen LogP contribution in [0.2, 0.25) is 0 Å². The second-order valence-corrected chi connectivity index (χ2v) is 15.7. The van der Waals surface area contributed by atoms with Crippen molar-refractivity contribution in [2.45, 2.75) is 42.2 Å². The molecule has 1 aliphatic rings. The Bertz CT molecular complexity index is 2370. The maximum atomic E-state index is 13.6. The van der Waals surface area contributed by atoms with E-state index in [0.29, 0.717) is 39.3 Å². The first-order valence-corrected chi connectivity index (χ1v) is 19.9. The third kappa shape index (κ3) is 9.02. The number of hydrogen-bond donors (Lipinski definition) is 3. The van der Waals surface area contributed by atoms with Crippen molar-refractivity contribution in [1.29, 1.82) is 0 Å². The van der Waals surface area contributed by atoms with Crippen molar-refractivity contribution in [3.8, 4) is 11.3 Å². The van der Waals surface area contributed by atoms with E-state index in [4.69, 9.17) is 9.15 Å². The molecule has 56 heavy (non-hydrogen) atoms. The van der Waals surface area contributed by atoms with Gasteiger partial charge in [-0.2, -0.15) is 0 Å². The molecule has 0 radical (unpaired) electrons. The minimum Gasteiger partial charge on any atom is -0.465 e. The van der Waals surface area contributed by atoms with Gasteiger partial charge in [0.2, 0.25) is 5.91 Å². The molecule has 0 fully saturated rings. The summed E-state index contributed by atoms with van der Waals surface area (Å²) in [5, 5.41) is 8.62. The molecule has 3 N–H and O–H groups in total. The van der Waals surface area contributed by atoms with Gasteiger partial charge in [0.25, 0.3) is 11.8 Å². The molecule has 282 valence electrons. The molecule has 0 bridgehead atoms. The number of rotatable bonds is 12. The number of nitrogens with one attached hydrogen (secondary N) is 3. The summed E-state index contributed by atoms with van der Waals surface area (Å²) in [5.74, 6) is -0.329. The Morgan fingerprint density at radius 2 is 1.52 bits per heavy atom. The average Bonchev–Trinajstić information content (AvgIpc) is 3.86. The van der Waals surface area contributed by atoms with Gasteiger partial charge in [0, 0.05) is 32.7 Å². The summed E-state index contributed by atoms with van der Waals surface area (Å²) in [6.07, 6.45) is 3.93. The highest BCUT2D eigenvalue weighted by atomic mass is 32.2. The van der Waals surface area contributed by atoms with Crippen molar-refractivity contribution in [2.24, 2.45) is 0 Å². The number of carbonyl (C=O) groups is 4. The highest BCUT2D eigenvalue weighted by molar-refractivity contribution is 8.00. The molecular weight excluding hydrogens is 743 g/mol. The molecule has 0 spiro atoms. The van der Waals surface area contributed by atoms with Gasteiger partial charge >= 0.3 is 5.97 Å². The fourth-order valence-corrected chi connectivity index (χ4v) is 8.75. The Kier molecular flexibility index (Phi) is 11.9. The van der Waals surface area contributed by atoms with Crippen LogP contribution in [0, 0.1) is 0 Å². The molecule has 9 nitrogen and oxygen atoms in total. The summed E-state index contributed by atoms with van der Waals surface area (Å²) >= 11 is 2.80. The van der Waals surface area contributed by atoms with Crippen LogP contribution in [-0.2, 0) is 27.2 Å². The lowest BCUT2D eigenvalue weighted by atomic mass is 9.83. The normalized spacial score (nSPS) is 14.2. The standard InChI is InChI=1S/C45H39N3O6S2/c1-28(41(49)48-44-40(45(52)53-2)36-24-18-32(26-39(36)56-44)29-12-6-3-7-13-29)55-35-22-19-33(20-23-35)46-43(51)37(47-42(50)31-16-10-5-11-17-31)27-34-21-25-38(54-34)30-14-8-4-9-15-30/h3-17,19-23,25,27-28,32H,18,24,26H2,1-2H3,(H,46,51)(H,47,50)(H,48,49). The fraction of sp³-hybridized carbons (Fsp3) is 0.156. The smallest absolute Gasteiger partial charge is 0.341 e. The zero-order valence-corrected chi connectivity index (χ0v) is 32.4. The molecule has 4 aromatic carbocycles. The van der Waals surface area contributed by atoms with Crippen molar-refractivity contribution in [1.82, 2.24) is 5.32 Å². The van der Waals surface area contributed by atoms with Gasteiger partial charge in [-0.3, -0.25) is 14.4 Å². The maximum absolute atomic E-state index is 13.6. The number of fused-ring (bicyclic) bond motifs is 1. The summed E-state index contributed by atoms with van der Waals surface area (Å²) in [6, 6.07) is 39.2. The third-order valence-electron chi connectivity index (χ3n) is 9.46. The number of furan rings is 1. The molecule has 2 atom stereocenters. The largest absolute Gasteiger partial charge is 0.465 e. The SMILES string of the molecule is COC(=O)c1c(NC(=O)C(C)Sc2ccc(NC(=O)C(=Cc3ccc(-c4ccccc4)o3)NC(=O)c3ccccc3)cc2)sc2c1CCC(c1ccccc1)C2. The van der Waals surface area contributed by atoms with E-state index >= 15 is 0 Å². The lowest BCUT2D eigenvalue weighted by molar-refractivity contribution is -0.115. The van der Waals surface area contributed by atoms with E-state index in [9.17, 15) is 19.2 Å². The van der Waals surface area contributed by atoms with Crippen molar-refractivity contribution in [3.63, 3.8) is 0 Å². The predicted molar refractivity (Wildman–Crippen MR) is 222 cm³/mol. The first kappa shape index (κ1) is 38.1. The highest BCUT2D eigenvalue weighted by Gasteiger charge is 2.31. The molecular formula is C45H39N3O6S2. The molecule has 0 saturated heterocycles. The number of thioether (sulfide) groups is 1. The Morgan fingerprint density at radius 3 is 2.21 bits per heavy atom. The molecule has 0 aliphatic heterocycles. The molecule has 0 saturated carbocycles. The van der Waals surface area contributed by atoms with Crippen LogP contribution in [0.15, 0.2) is 142 Å². The lowest BCUT2D eigenvalue weighted by Crippen LogP contribution is -2.30. The van der Waals surface area contributed by atoms with E-state index in [0.717, 1.165) is 40.2 Å². The van der Waals surface area contributed by atoms with Gasteiger partial charge in [0.05, 0.1) is 17.9 Å². The zero-order valence-electron chi connectivity index (χ0n) is 30.7. The molecule has 2 aromatic heterocycles. The maximum Gasteiger partial charge on any atom is 0.341 e. The van der Waals surface area contributed by atoms with E-state index in [1.54, 1.807) is 61.5 Å². The summed E-state index contributed by atoms with van der Waals surface area (Å²) in [4.78, 5) is 55.1. The monoisotopic (exact) mass is 781 g/mol. The number of ether oxygens (including phenoxy) is 1. The van der Waals surface area contributed by atoms with Crippen LogP contribution >= 0.6 is 23.1 Å². The van der Waals surface area contributed by atoms with Gasteiger partial charge in [-0.15, -0.1) is 23.1 Å². The number of anilines is 2. The van der Waals surface area contributed by atoms with Crippen LogP contribution < -0.4 is 16.0 Å². The van der Waals surface area contributed by atoms with E-state index < -0.39 is 23.0 Å². The van der Waals surface area contributed by atoms with E-state index in [1.165, 1.54) is 41.8 Å². The van der Waals surface area contributed by atoms with Crippen molar-refractivity contribution < 1.29 is 28.3 Å². The van der Waals surface area contributed by atoms with Gasteiger partial charge in [0.1, 0.15) is 22.2 Å². The number of benzene rings is 4. The van der Waals surface area contributed by atoms with Crippen molar-refractivity contribution in [3.05, 3.63) is 166 Å². The highest BCUT2D eigenvalue weighted by Crippen LogP contribution is 2.43. The third-order valence-corrected chi connectivity index (χ3v) is 11.7. The summed E-state index contributed by atoms with van der Waals surface area (Å²) in [7, 11) is 1.36. The topological polar surface area (TPSA) is 127 Å². The number of carbonyl (C=O) groups excluding carboxylic acids is 4. The number of methoxy groups -OCH3 is 1. The second-order valence-electron chi connectivity index (χ2n) is 13.2. The first-order chi connectivity index (χ1) is 27.2. The van der Waals surface area contributed by atoms with Gasteiger partial charge in [-0.05, 0) is 91.8 Å². The first-order valence-electron chi connectivity index (χ1n) is 18.2. The van der Waals surface area contributed by atoms with Crippen molar-refractivity contribution >= 4 is 63.6 Å². The molecule has 6 aromatic rings. The Labute approximate surface area is 333 Å². The molecule has 11 heteroatoms. The zero-order chi connectivity index (χ0) is 39.0. The quantitative estimate of drug-likeness (QED) is 0.0641. The van der Waals surface area contributed by atoms with E-state index in [1.807, 2.05) is 60.7 Å². The van der Waals surface area contributed by atoms with Crippen LogP contribution in [0.4, 0.5) is 10.7 Å². The summed E-state index contributed by atoms with van der Waals surface area (Å²) in [5.41, 5.74) is 4.43. The Morgan fingerprint density at radius 1 is 0.839 bits per heavy atom. The van der Waals surface area contributed by atoms with Crippen LogP contribution in [0.3, 0.4) is 0 Å². The second kappa shape index (κ2) is 17.5.